The third-order valence-electron chi connectivity index (χ3n) is 6.53. The number of ketones is 1. The number of ether oxygens (including phenoxy) is 2. The largest absolute Gasteiger partial charge is 0.494 e. The van der Waals surface area contributed by atoms with Crippen molar-refractivity contribution < 1.29 is 33.7 Å². The van der Waals surface area contributed by atoms with E-state index in [9.17, 15) is 24.2 Å². The number of nitrogens with zero attached hydrogens (tertiary/aromatic N) is 1. The zero-order valence-electron chi connectivity index (χ0n) is 21.0. The quantitative estimate of drug-likeness (QED) is 0.332. The Balaban J connectivity index is 1.51. The summed E-state index contributed by atoms with van der Waals surface area (Å²) in [5.74, 6) is -0.189. The molecule has 200 valence electrons. The Morgan fingerprint density at radius 3 is 2.61 bits per heavy atom. The predicted octanol–water partition coefficient (Wildman–Crippen LogP) is 3.97. The fourth-order valence-corrected chi connectivity index (χ4v) is 4.45. The van der Waals surface area contributed by atoms with Gasteiger partial charge in [0.15, 0.2) is 11.9 Å². The van der Waals surface area contributed by atoms with Gasteiger partial charge < -0.3 is 25.0 Å². The van der Waals surface area contributed by atoms with Crippen LogP contribution >= 0.6 is 11.6 Å². The van der Waals surface area contributed by atoms with Crippen molar-refractivity contribution in [2.45, 2.75) is 37.9 Å². The molecule has 2 heterocycles. The highest BCUT2D eigenvalue weighted by molar-refractivity contribution is 6.32. The minimum Gasteiger partial charge on any atom is -0.494 e. The Morgan fingerprint density at radius 2 is 1.97 bits per heavy atom. The van der Waals surface area contributed by atoms with Crippen LogP contribution in [0, 0.1) is 12.7 Å². The number of aliphatic hydroxyl groups is 2. The van der Waals surface area contributed by atoms with Gasteiger partial charge in [-0.05, 0) is 67.4 Å². The lowest BCUT2D eigenvalue weighted by molar-refractivity contribution is -0.124. The lowest BCUT2D eigenvalue weighted by atomic mass is 9.91. The highest BCUT2D eigenvalue weighted by atomic mass is 35.5. The number of halogens is 2. The summed E-state index contributed by atoms with van der Waals surface area (Å²) in [5.41, 5.74) is -0.0307. The third-order valence-corrected chi connectivity index (χ3v) is 6.83. The lowest BCUT2D eigenvalue weighted by Crippen LogP contribution is -2.32. The topological polar surface area (TPSA) is 118 Å². The standard InChI is InChI=1S/C28H28ClFN2O6/c1-16-13-18(3-5-20(16)30)26-23(37-2)7-8-25(32-26)28(36,15-33)11-9-21(34)17-4-6-22(19(29)14-17)38-24-10-12-31-27(24)35/h3-8,13-14,24,33,36H,9-12,15H2,1-2H3,(H,31,35). The minimum absolute atomic E-state index is 0.114. The molecule has 8 nitrogen and oxygen atoms in total. The molecule has 2 atom stereocenters. The first-order valence-corrected chi connectivity index (χ1v) is 12.5. The van der Waals surface area contributed by atoms with E-state index in [1.165, 1.54) is 37.4 Å². The van der Waals surface area contributed by atoms with E-state index >= 15 is 0 Å². The van der Waals surface area contributed by atoms with Crippen LogP contribution in [0.25, 0.3) is 11.3 Å². The van der Waals surface area contributed by atoms with E-state index in [1.807, 2.05) is 0 Å². The molecule has 0 radical (unpaired) electrons. The number of hydrogen-bond donors (Lipinski definition) is 3. The first kappa shape index (κ1) is 27.5. The maximum Gasteiger partial charge on any atom is 0.261 e. The first-order valence-electron chi connectivity index (χ1n) is 12.1. The molecule has 10 heteroatoms. The number of pyridine rings is 1. The Bertz CT molecular complexity index is 1370. The number of aliphatic hydroxyl groups excluding tert-OH is 1. The Labute approximate surface area is 224 Å². The molecule has 1 amide bonds. The van der Waals surface area contributed by atoms with E-state index < -0.39 is 18.3 Å². The van der Waals surface area contributed by atoms with Crippen LogP contribution in [0.3, 0.4) is 0 Å². The maximum absolute atomic E-state index is 13.8. The fraction of sp³-hybridized carbons (Fsp3) is 0.321. The van der Waals surface area contributed by atoms with Gasteiger partial charge in [0.1, 0.15) is 28.6 Å². The van der Waals surface area contributed by atoms with E-state index in [0.29, 0.717) is 46.8 Å². The molecular weight excluding hydrogens is 515 g/mol. The van der Waals surface area contributed by atoms with Gasteiger partial charge in [-0.2, -0.15) is 0 Å². The average Bonchev–Trinajstić information content (AvgIpc) is 3.33. The Kier molecular flexibility index (Phi) is 8.30. The van der Waals surface area contributed by atoms with Gasteiger partial charge >= 0.3 is 0 Å². The number of aryl methyl sites for hydroxylation is 1. The van der Waals surface area contributed by atoms with Gasteiger partial charge in [-0.3, -0.25) is 9.59 Å². The van der Waals surface area contributed by atoms with Crippen molar-refractivity contribution in [1.82, 2.24) is 10.3 Å². The van der Waals surface area contributed by atoms with Crippen molar-refractivity contribution in [2.75, 3.05) is 20.3 Å². The van der Waals surface area contributed by atoms with Crippen LogP contribution in [0.1, 0.15) is 40.9 Å². The molecule has 3 N–H and O–H groups in total. The molecule has 1 fully saturated rings. The second-order valence-corrected chi connectivity index (χ2v) is 9.56. The molecule has 3 aromatic rings. The number of carbonyl (C=O) groups excluding carboxylic acids is 2. The molecule has 1 aromatic heterocycles. The van der Waals surface area contributed by atoms with E-state index in [4.69, 9.17) is 21.1 Å². The van der Waals surface area contributed by atoms with Gasteiger partial charge in [0.2, 0.25) is 0 Å². The number of Topliss-reactive ketones (excluding diaryl/α,β-unsaturated/α-hetero) is 1. The summed E-state index contributed by atoms with van der Waals surface area (Å²) in [4.78, 5) is 29.2. The van der Waals surface area contributed by atoms with Gasteiger partial charge in [-0.25, -0.2) is 9.37 Å². The molecular formula is C28H28ClFN2O6. The van der Waals surface area contributed by atoms with Crippen LogP contribution in [0.2, 0.25) is 5.02 Å². The highest BCUT2D eigenvalue weighted by Gasteiger charge is 2.32. The molecule has 38 heavy (non-hydrogen) atoms. The van der Waals surface area contributed by atoms with Gasteiger partial charge in [-0.1, -0.05) is 11.6 Å². The van der Waals surface area contributed by atoms with Crippen molar-refractivity contribution in [3.63, 3.8) is 0 Å². The molecule has 2 unspecified atom stereocenters. The normalized spacial score (nSPS) is 16.6. The number of rotatable bonds is 10. The molecule has 0 aliphatic carbocycles. The van der Waals surface area contributed by atoms with Crippen LogP contribution < -0.4 is 14.8 Å². The van der Waals surface area contributed by atoms with Crippen molar-refractivity contribution >= 4 is 23.3 Å². The summed E-state index contributed by atoms with van der Waals surface area (Å²) >= 11 is 6.29. The molecule has 1 aliphatic heterocycles. The first-order chi connectivity index (χ1) is 18.1. The van der Waals surface area contributed by atoms with Crippen LogP contribution in [0.4, 0.5) is 4.39 Å². The van der Waals surface area contributed by atoms with E-state index in [1.54, 1.807) is 25.1 Å². The zero-order chi connectivity index (χ0) is 27.4. The van der Waals surface area contributed by atoms with Crippen LogP contribution in [-0.4, -0.2) is 53.3 Å². The maximum atomic E-state index is 13.8. The summed E-state index contributed by atoms with van der Waals surface area (Å²) < 4.78 is 24.9. The Morgan fingerprint density at radius 1 is 1.21 bits per heavy atom. The fourth-order valence-electron chi connectivity index (χ4n) is 4.23. The summed E-state index contributed by atoms with van der Waals surface area (Å²) in [7, 11) is 1.47. The van der Waals surface area contributed by atoms with E-state index in [0.717, 1.165) is 0 Å². The van der Waals surface area contributed by atoms with Gasteiger partial charge in [0.25, 0.3) is 5.91 Å². The number of hydrogen-bond acceptors (Lipinski definition) is 7. The van der Waals surface area contributed by atoms with Crippen molar-refractivity contribution in [1.29, 1.82) is 0 Å². The number of methoxy groups -OCH3 is 1. The summed E-state index contributed by atoms with van der Waals surface area (Å²) in [6.07, 6.45) is -0.342. The number of benzene rings is 2. The van der Waals surface area contributed by atoms with Crippen LogP contribution in [-0.2, 0) is 10.4 Å². The van der Waals surface area contributed by atoms with Gasteiger partial charge in [0, 0.05) is 30.5 Å². The number of aromatic nitrogens is 1. The summed E-state index contributed by atoms with van der Waals surface area (Å²) in [6.45, 7) is 1.47. The van der Waals surface area contributed by atoms with Crippen molar-refractivity contribution in [2.24, 2.45) is 0 Å². The summed E-state index contributed by atoms with van der Waals surface area (Å²) in [6, 6.07) is 12.1. The lowest BCUT2D eigenvalue weighted by Gasteiger charge is -2.26. The van der Waals surface area contributed by atoms with Crippen molar-refractivity contribution in [3.05, 3.63) is 76.2 Å². The molecule has 0 saturated carbocycles. The van der Waals surface area contributed by atoms with Crippen molar-refractivity contribution in [3.8, 4) is 22.8 Å². The molecule has 1 saturated heterocycles. The molecule has 1 aliphatic rings. The monoisotopic (exact) mass is 542 g/mol. The zero-order valence-corrected chi connectivity index (χ0v) is 21.7. The summed E-state index contributed by atoms with van der Waals surface area (Å²) in [5, 5.41) is 24.2. The van der Waals surface area contributed by atoms with Gasteiger partial charge in [-0.15, -0.1) is 0 Å². The molecule has 0 spiro atoms. The molecule has 2 aromatic carbocycles. The third kappa shape index (κ3) is 5.80. The smallest absolute Gasteiger partial charge is 0.261 e. The minimum atomic E-state index is -1.82. The second-order valence-electron chi connectivity index (χ2n) is 9.16. The number of amides is 1. The number of nitrogens with one attached hydrogen (secondary N) is 1. The second kappa shape index (κ2) is 11.5. The SMILES string of the molecule is COc1ccc(C(O)(CO)CCC(=O)c2ccc(OC3CCNC3=O)c(Cl)c2)nc1-c1ccc(F)c(C)c1. The number of carbonyl (C=O) groups is 2. The Hall–Kier alpha value is -3.53. The van der Waals surface area contributed by atoms with Gasteiger partial charge in [0.05, 0.1) is 24.4 Å². The van der Waals surface area contributed by atoms with E-state index in [2.05, 4.69) is 10.3 Å². The van der Waals surface area contributed by atoms with Crippen LogP contribution in [0.15, 0.2) is 48.5 Å². The highest BCUT2D eigenvalue weighted by Crippen LogP contribution is 2.34. The molecule has 0 bridgehead atoms. The average molecular weight is 543 g/mol. The predicted molar refractivity (Wildman–Crippen MR) is 139 cm³/mol. The molecule has 4 rings (SSSR count). The van der Waals surface area contributed by atoms with E-state index in [-0.39, 0.29) is 41.1 Å². The van der Waals surface area contributed by atoms with Crippen LogP contribution in [0.5, 0.6) is 11.5 Å².